The topological polar surface area (TPSA) is 95.9 Å². The van der Waals surface area contributed by atoms with Gasteiger partial charge in [0.2, 0.25) is 5.91 Å². The van der Waals surface area contributed by atoms with E-state index in [0.717, 1.165) is 44.9 Å². The monoisotopic (exact) mass is 1110 g/mol. The number of unbranched alkanes of at least 4 members (excludes halogenated alkanes) is 56. The van der Waals surface area contributed by atoms with Crippen LogP contribution in [0.5, 0.6) is 0 Å². The number of hydrogen-bond acceptors (Lipinski definition) is 5. The second kappa shape index (κ2) is 69.1. The second-order valence-corrected chi connectivity index (χ2v) is 25.3. The number of hydrogen-bond donors (Lipinski definition) is 3. The van der Waals surface area contributed by atoms with E-state index in [1.54, 1.807) is 0 Å². The molecule has 0 aliphatic heterocycles. The van der Waals surface area contributed by atoms with Crippen molar-refractivity contribution in [3.63, 3.8) is 0 Å². The summed E-state index contributed by atoms with van der Waals surface area (Å²) in [5.41, 5.74) is 0. The van der Waals surface area contributed by atoms with Gasteiger partial charge in [0.1, 0.15) is 0 Å². The zero-order valence-corrected chi connectivity index (χ0v) is 53.9. The largest absolute Gasteiger partial charge is 0.466 e. The Kier molecular flexibility index (Phi) is 67.9. The molecule has 0 aromatic carbocycles. The molecule has 0 aliphatic carbocycles. The Morgan fingerprint density at radius 1 is 0.342 bits per heavy atom. The van der Waals surface area contributed by atoms with Crippen LogP contribution < -0.4 is 5.32 Å². The van der Waals surface area contributed by atoms with E-state index in [2.05, 4.69) is 31.3 Å². The molecule has 0 fully saturated rings. The maximum Gasteiger partial charge on any atom is 0.305 e. The van der Waals surface area contributed by atoms with Gasteiger partial charge >= 0.3 is 5.97 Å². The van der Waals surface area contributed by atoms with Gasteiger partial charge in [0.15, 0.2) is 0 Å². The molecule has 1 amide bonds. The first-order chi connectivity index (χ1) is 39.0. The number of ether oxygens (including phenoxy) is 1. The molecule has 2 atom stereocenters. The van der Waals surface area contributed by atoms with Crippen molar-refractivity contribution >= 4 is 11.9 Å². The van der Waals surface area contributed by atoms with E-state index < -0.39 is 12.1 Å². The maximum absolute atomic E-state index is 12.5. The fraction of sp³-hybridized carbons (Fsp3) is 0.945. The van der Waals surface area contributed by atoms with Crippen LogP contribution in [0.2, 0.25) is 0 Å². The summed E-state index contributed by atoms with van der Waals surface area (Å²) in [7, 11) is 0. The van der Waals surface area contributed by atoms with Crippen LogP contribution >= 0.6 is 0 Å². The number of aliphatic hydroxyl groups is 2. The van der Waals surface area contributed by atoms with Crippen LogP contribution in [0.3, 0.4) is 0 Å². The summed E-state index contributed by atoms with van der Waals surface area (Å²) in [5.74, 6) is -0.0152. The highest BCUT2D eigenvalue weighted by molar-refractivity contribution is 5.76. The van der Waals surface area contributed by atoms with Gasteiger partial charge in [0, 0.05) is 12.8 Å². The van der Waals surface area contributed by atoms with Gasteiger partial charge < -0.3 is 20.3 Å². The molecule has 2 unspecified atom stereocenters. The lowest BCUT2D eigenvalue weighted by Gasteiger charge is -2.22. The number of carbonyl (C=O) groups is 2. The Morgan fingerprint density at radius 2 is 0.595 bits per heavy atom. The average Bonchev–Trinajstić information content (AvgIpc) is 3.45. The van der Waals surface area contributed by atoms with E-state index in [9.17, 15) is 19.8 Å². The first-order valence-corrected chi connectivity index (χ1v) is 36.4. The Hall–Kier alpha value is -1.40. The Labute approximate surface area is 495 Å². The molecule has 0 aliphatic rings. The van der Waals surface area contributed by atoms with Crippen molar-refractivity contribution in [3.05, 3.63) is 12.2 Å². The lowest BCUT2D eigenvalue weighted by molar-refractivity contribution is -0.143. The lowest BCUT2D eigenvalue weighted by Crippen LogP contribution is -2.45. The van der Waals surface area contributed by atoms with E-state index in [-0.39, 0.29) is 18.5 Å². The third kappa shape index (κ3) is 65.6. The molecule has 79 heavy (non-hydrogen) atoms. The summed E-state index contributed by atoms with van der Waals surface area (Å²) in [4.78, 5) is 24.6. The third-order valence-corrected chi connectivity index (χ3v) is 17.3. The fourth-order valence-corrected chi connectivity index (χ4v) is 11.8. The molecule has 0 rings (SSSR count). The number of nitrogens with one attached hydrogen (secondary N) is 1. The molecule has 3 N–H and O–H groups in total. The Balaban J connectivity index is 3.33. The molecule has 0 saturated heterocycles. The minimum Gasteiger partial charge on any atom is -0.466 e. The fourth-order valence-electron chi connectivity index (χ4n) is 11.8. The van der Waals surface area contributed by atoms with Crippen LogP contribution in [0.1, 0.15) is 418 Å². The van der Waals surface area contributed by atoms with Crippen molar-refractivity contribution in [2.75, 3.05) is 13.2 Å². The van der Waals surface area contributed by atoms with Gasteiger partial charge in [0.25, 0.3) is 0 Å². The summed E-state index contributed by atoms with van der Waals surface area (Å²) in [5, 5.41) is 23.4. The van der Waals surface area contributed by atoms with E-state index in [1.807, 2.05) is 0 Å². The molecular weight excluding hydrogens is 971 g/mol. The standard InChI is InChI=1S/C73H143NO5/c1-3-5-7-9-11-13-15-17-18-19-20-33-36-39-42-45-49-53-57-61-65-71(76)70(69-75)74-72(77)66-62-58-54-50-46-43-40-37-34-31-29-27-25-23-21-22-24-26-28-30-32-35-38-41-44-48-52-56-60-64-68-79-73(78)67-63-59-55-51-47-16-14-12-10-8-6-4-2/h12,14,70-71,75-76H,3-11,13,15-69H2,1-2H3,(H,74,77)/b14-12-. The van der Waals surface area contributed by atoms with E-state index in [0.29, 0.717) is 25.9 Å². The molecule has 0 heterocycles. The molecule has 0 radical (unpaired) electrons. The number of amides is 1. The van der Waals surface area contributed by atoms with Crippen LogP contribution in [0, 0.1) is 0 Å². The highest BCUT2D eigenvalue weighted by Gasteiger charge is 2.20. The van der Waals surface area contributed by atoms with Crippen LogP contribution in [0.4, 0.5) is 0 Å². The minimum atomic E-state index is -0.662. The number of rotatable bonds is 69. The average molecular weight is 1110 g/mol. The quantitative estimate of drug-likeness (QED) is 0.0320. The minimum absolute atomic E-state index is 0.0109. The van der Waals surface area contributed by atoms with E-state index >= 15 is 0 Å². The van der Waals surface area contributed by atoms with Crippen molar-refractivity contribution in [1.82, 2.24) is 5.32 Å². The van der Waals surface area contributed by atoms with Gasteiger partial charge in [-0.2, -0.15) is 0 Å². The van der Waals surface area contributed by atoms with Gasteiger partial charge in [-0.25, -0.2) is 0 Å². The van der Waals surface area contributed by atoms with Crippen molar-refractivity contribution in [3.8, 4) is 0 Å². The molecule has 0 spiro atoms. The highest BCUT2D eigenvalue weighted by atomic mass is 16.5. The van der Waals surface area contributed by atoms with Crippen LogP contribution in [-0.4, -0.2) is 47.4 Å². The first kappa shape index (κ1) is 77.6. The Bertz CT molecular complexity index is 1190. The number of allylic oxidation sites excluding steroid dienone is 2. The Morgan fingerprint density at radius 3 is 0.924 bits per heavy atom. The molecule has 0 bridgehead atoms. The number of aliphatic hydroxyl groups excluding tert-OH is 2. The zero-order valence-electron chi connectivity index (χ0n) is 53.9. The van der Waals surface area contributed by atoms with Gasteiger partial charge in [-0.05, 0) is 51.4 Å². The number of esters is 1. The SMILES string of the molecule is CCCCC/C=C\CCCCCCCC(=O)OCCCCCCCCCCCCCCCCCCCCCCCCCCCCCCCCC(=O)NC(CO)C(O)CCCCCCCCCCCCCCCCCCCCCC. The summed E-state index contributed by atoms with van der Waals surface area (Å²) in [6.45, 7) is 4.97. The third-order valence-electron chi connectivity index (χ3n) is 17.3. The lowest BCUT2D eigenvalue weighted by atomic mass is 10.0. The van der Waals surface area contributed by atoms with Crippen LogP contribution in [0.15, 0.2) is 12.2 Å². The summed E-state index contributed by atoms with van der Waals surface area (Å²) in [6.07, 6.45) is 85.6. The van der Waals surface area contributed by atoms with E-state index in [1.165, 1.54) is 340 Å². The van der Waals surface area contributed by atoms with Crippen molar-refractivity contribution < 1.29 is 24.5 Å². The molecule has 6 nitrogen and oxygen atoms in total. The normalized spacial score (nSPS) is 12.5. The van der Waals surface area contributed by atoms with Gasteiger partial charge in [-0.1, -0.05) is 366 Å². The summed E-state index contributed by atoms with van der Waals surface area (Å²) >= 11 is 0. The zero-order chi connectivity index (χ0) is 57.1. The predicted octanol–water partition coefficient (Wildman–Crippen LogP) is 23.5. The maximum atomic E-state index is 12.5. The predicted molar refractivity (Wildman–Crippen MR) is 347 cm³/mol. The second-order valence-electron chi connectivity index (χ2n) is 25.3. The molecule has 0 saturated carbocycles. The van der Waals surface area contributed by atoms with Crippen molar-refractivity contribution in [2.24, 2.45) is 0 Å². The van der Waals surface area contributed by atoms with Gasteiger partial charge in [-0.15, -0.1) is 0 Å². The molecular formula is C73H143NO5. The van der Waals surface area contributed by atoms with Crippen molar-refractivity contribution in [1.29, 1.82) is 0 Å². The van der Waals surface area contributed by atoms with Crippen LogP contribution in [-0.2, 0) is 14.3 Å². The first-order valence-electron chi connectivity index (χ1n) is 36.4. The molecule has 0 aromatic rings. The van der Waals surface area contributed by atoms with E-state index in [4.69, 9.17) is 4.74 Å². The van der Waals surface area contributed by atoms with Gasteiger partial charge in [0.05, 0.1) is 25.4 Å². The smallest absolute Gasteiger partial charge is 0.305 e. The molecule has 470 valence electrons. The summed E-state index contributed by atoms with van der Waals surface area (Å²) < 4.78 is 5.48. The number of carbonyl (C=O) groups excluding carboxylic acids is 2. The molecule has 0 aromatic heterocycles. The highest BCUT2D eigenvalue weighted by Crippen LogP contribution is 2.20. The van der Waals surface area contributed by atoms with Crippen LogP contribution in [0.25, 0.3) is 0 Å². The van der Waals surface area contributed by atoms with Crippen molar-refractivity contribution in [2.45, 2.75) is 431 Å². The summed E-state index contributed by atoms with van der Waals surface area (Å²) in [6, 6.07) is -0.538. The van der Waals surface area contributed by atoms with Gasteiger partial charge in [-0.3, -0.25) is 9.59 Å². The molecule has 6 heteroatoms.